The zero-order valence-corrected chi connectivity index (χ0v) is 11.4. The summed E-state index contributed by atoms with van der Waals surface area (Å²) in [4.78, 5) is 34.2. The second-order valence-electron chi connectivity index (χ2n) is 4.36. The topological polar surface area (TPSA) is 110 Å². The van der Waals surface area contributed by atoms with Gasteiger partial charge in [-0.3, -0.25) is 14.4 Å². The summed E-state index contributed by atoms with van der Waals surface area (Å²) in [5, 5.41) is 20.5. The van der Waals surface area contributed by atoms with Gasteiger partial charge < -0.3 is 19.7 Å². The van der Waals surface area contributed by atoms with Gasteiger partial charge in [-0.05, 0) is 6.92 Å². The molecule has 0 aromatic carbocycles. The van der Waals surface area contributed by atoms with E-state index in [9.17, 15) is 24.6 Å². The lowest BCUT2D eigenvalue weighted by Crippen LogP contribution is -2.65. The van der Waals surface area contributed by atoms with Gasteiger partial charge in [-0.2, -0.15) is 0 Å². The van der Waals surface area contributed by atoms with Crippen molar-refractivity contribution in [1.29, 1.82) is 0 Å². The molecule has 8 heteroatoms. The molecule has 0 saturated carbocycles. The number of carbonyl (C=O) groups excluding carboxylic acids is 3. The maximum absolute atomic E-state index is 11.7. The van der Waals surface area contributed by atoms with Crippen LogP contribution in [0.3, 0.4) is 0 Å². The molecule has 4 atom stereocenters. The monoisotopic (exact) mass is 294 g/mol. The van der Waals surface area contributed by atoms with Gasteiger partial charge in [0, 0.05) is 13.8 Å². The molecule has 1 aliphatic rings. The highest BCUT2D eigenvalue weighted by Gasteiger charge is 2.71. The Hall–Kier alpha value is -1.02. The van der Waals surface area contributed by atoms with E-state index in [4.69, 9.17) is 21.1 Å². The van der Waals surface area contributed by atoms with Crippen LogP contribution in [0.2, 0.25) is 0 Å². The van der Waals surface area contributed by atoms with Crippen molar-refractivity contribution in [1.82, 2.24) is 0 Å². The Labute approximate surface area is 114 Å². The van der Waals surface area contributed by atoms with Crippen molar-refractivity contribution in [3.8, 4) is 0 Å². The van der Waals surface area contributed by atoms with Crippen molar-refractivity contribution in [2.45, 2.75) is 44.4 Å². The molecule has 0 aliphatic carbocycles. The lowest BCUT2D eigenvalue weighted by Gasteiger charge is -2.34. The number of ether oxygens (including phenoxy) is 2. The number of esters is 1. The fourth-order valence-electron chi connectivity index (χ4n) is 2.08. The third-order valence-electron chi connectivity index (χ3n) is 3.05. The number of Topliss-reactive ketones (excluding diaryl/α,β-unsaturated/α-hetero) is 2. The van der Waals surface area contributed by atoms with E-state index in [1.54, 1.807) is 0 Å². The molecule has 7 nitrogen and oxygen atoms in total. The molecular weight excluding hydrogens is 280 g/mol. The van der Waals surface area contributed by atoms with Crippen molar-refractivity contribution in [2.24, 2.45) is 0 Å². The first-order valence-electron chi connectivity index (χ1n) is 5.49. The van der Waals surface area contributed by atoms with Crippen molar-refractivity contribution < 1.29 is 34.1 Å². The van der Waals surface area contributed by atoms with Gasteiger partial charge in [0.2, 0.25) is 5.60 Å². The standard InChI is InChI=1S/C11H15ClO7/c1-5(13)10(16)9(18-7(3)15)8(4-12)19-11(10,17)6(2)14/h8-9,16-17H,4H2,1-3H3/t8-,9-,10-,11-/m1/s1. The lowest BCUT2D eigenvalue weighted by molar-refractivity contribution is -0.244. The predicted octanol–water partition coefficient (Wildman–Crippen LogP) is -0.847. The Balaban J connectivity index is 3.37. The molecule has 1 rings (SSSR count). The average Bonchev–Trinajstić information content (AvgIpc) is 2.52. The molecule has 1 fully saturated rings. The Morgan fingerprint density at radius 3 is 2.05 bits per heavy atom. The van der Waals surface area contributed by atoms with E-state index >= 15 is 0 Å². The van der Waals surface area contributed by atoms with Crippen molar-refractivity contribution >= 4 is 29.1 Å². The summed E-state index contributed by atoms with van der Waals surface area (Å²) in [5.74, 6) is -5.85. The number of rotatable bonds is 4. The quantitative estimate of drug-likeness (QED) is 0.513. The number of halogens is 1. The van der Waals surface area contributed by atoms with Crippen LogP contribution in [0.15, 0.2) is 0 Å². The van der Waals surface area contributed by atoms with Gasteiger partial charge >= 0.3 is 5.97 Å². The molecule has 108 valence electrons. The van der Waals surface area contributed by atoms with Crippen LogP contribution in [0.5, 0.6) is 0 Å². The first kappa shape index (κ1) is 16.0. The summed E-state index contributed by atoms with van der Waals surface area (Å²) in [6.45, 7) is 2.94. The zero-order valence-electron chi connectivity index (χ0n) is 10.7. The Morgan fingerprint density at radius 1 is 1.21 bits per heavy atom. The van der Waals surface area contributed by atoms with Crippen molar-refractivity contribution in [3.63, 3.8) is 0 Å². The lowest BCUT2D eigenvalue weighted by atomic mass is 9.82. The fourth-order valence-corrected chi connectivity index (χ4v) is 2.30. The third kappa shape index (κ3) is 2.27. The molecule has 0 radical (unpaired) electrons. The van der Waals surface area contributed by atoms with Crippen LogP contribution in [0.25, 0.3) is 0 Å². The van der Waals surface area contributed by atoms with E-state index in [1.807, 2.05) is 0 Å². The van der Waals surface area contributed by atoms with Crippen LogP contribution in [0.1, 0.15) is 20.8 Å². The summed E-state index contributed by atoms with van der Waals surface area (Å²) >= 11 is 5.59. The molecule has 0 spiro atoms. The van der Waals surface area contributed by atoms with Crippen LogP contribution in [0.4, 0.5) is 0 Å². The Morgan fingerprint density at radius 2 is 1.74 bits per heavy atom. The minimum atomic E-state index is -2.79. The molecule has 19 heavy (non-hydrogen) atoms. The van der Waals surface area contributed by atoms with E-state index in [-0.39, 0.29) is 5.88 Å². The first-order chi connectivity index (χ1) is 8.61. The zero-order chi connectivity index (χ0) is 15.0. The van der Waals surface area contributed by atoms with Crippen molar-refractivity contribution in [3.05, 3.63) is 0 Å². The van der Waals surface area contributed by atoms with E-state index in [2.05, 4.69) is 0 Å². The molecule has 0 bridgehead atoms. The molecule has 1 heterocycles. The van der Waals surface area contributed by atoms with Crippen LogP contribution in [-0.4, -0.2) is 57.2 Å². The highest BCUT2D eigenvalue weighted by Crippen LogP contribution is 2.42. The fraction of sp³-hybridized carbons (Fsp3) is 0.727. The average molecular weight is 295 g/mol. The largest absolute Gasteiger partial charge is 0.456 e. The number of ketones is 2. The minimum absolute atomic E-state index is 0.289. The molecular formula is C11H15ClO7. The van der Waals surface area contributed by atoms with E-state index in [0.29, 0.717) is 0 Å². The molecule has 1 saturated heterocycles. The van der Waals surface area contributed by atoms with Gasteiger partial charge in [-0.1, -0.05) is 0 Å². The van der Waals surface area contributed by atoms with Gasteiger partial charge in [0.05, 0.1) is 5.88 Å². The Bertz CT molecular complexity index is 423. The first-order valence-corrected chi connectivity index (χ1v) is 6.02. The van der Waals surface area contributed by atoms with Crippen LogP contribution < -0.4 is 0 Å². The number of hydrogen-bond acceptors (Lipinski definition) is 7. The minimum Gasteiger partial charge on any atom is -0.456 e. The molecule has 0 amide bonds. The predicted molar refractivity (Wildman–Crippen MR) is 62.4 cm³/mol. The number of aliphatic hydroxyl groups is 2. The summed E-state index contributed by atoms with van der Waals surface area (Å²) in [5.41, 5.74) is -2.69. The number of carbonyl (C=O) groups is 3. The van der Waals surface area contributed by atoms with E-state index in [0.717, 1.165) is 20.8 Å². The van der Waals surface area contributed by atoms with E-state index in [1.165, 1.54) is 0 Å². The summed E-state index contributed by atoms with van der Waals surface area (Å²) in [7, 11) is 0. The SMILES string of the molecule is CC(=O)O[C@@H]1[C@@H](CCl)O[C@](O)(C(C)=O)[C@@]1(O)C(C)=O. The summed E-state index contributed by atoms with van der Waals surface area (Å²) in [6.07, 6.45) is -2.75. The van der Waals surface area contributed by atoms with Gasteiger partial charge in [0.15, 0.2) is 17.7 Å². The molecule has 0 unspecified atom stereocenters. The molecule has 1 aliphatic heterocycles. The molecule has 0 aromatic heterocycles. The van der Waals surface area contributed by atoms with Gasteiger partial charge in [-0.25, -0.2) is 0 Å². The normalized spacial score (nSPS) is 38.0. The van der Waals surface area contributed by atoms with Gasteiger partial charge in [0.1, 0.15) is 6.10 Å². The summed E-state index contributed by atoms with van der Waals surface area (Å²) in [6, 6.07) is 0. The van der Waals surface area contributed by atoms with E-state index < -0.39 is 41.1 Å². The van der Waals surface area contributed by atoms with Gasteiger partial charge in [0.25, 0.3) is 5.79 Å². The third-order valence-corrected chi connectivity index (χ3v) is 3.35. The molecule has 0 aromatic rings. The van der Waals surface area contributed by atoms with Crippen LogP contribution in [0, 0.1) is 0 Å². The number of alkyl halides is 1. The number of hydrogen-bond donors (Lipinski definition) is 2. The van der Waals surface area contributed by atoms with Crippen molar-refractivity contribution in [2.75, 3.05) is 5.88 Å². The van der Waals surface area contributed by atoms with Crippen LogP contribution >= 0.6 is 11.6 Å². The maximum atomic E-state index is 11.7. The maximum Gasteiger partial charge on any atom is 0.303 e. The summed E-state index contributed by atoms with van der Waals surface area (Å²) < 4.78 is 9.78. The second kappa shape index (κ2) is 5.16. The molecule has 2 N–H and O–H groups in total. The highest BCUT2D eigenvalue weighted by atomic mass is 35.5. The Kier molecular flexibility index (Phi) is 4.36. The van der Waals surface area contributed by atoms with Gasteiger partial charge in [-0.15, -0.1) is 11.6 Å². The smallest absolute Gasteiger partial charge is 0.303 e. The second-order valence-corrected chi connectivity index (χ2v) is 4.67. The van der Waals surface area contributed by atoms with Crippen LogP contribution in [-0.2, 0) is 23.9 Å². The highest BCUT2D eigenvalue weighted by molar-refractivity contribution is 6.18.